The third-order valence-corrected chi connectivity index (χ3v) is 0.924. The largest absolute Gasteiger partial charge is 1.00 e. The van der Waals surface area contributed by atoms with Crippen molar-refractivity contribution in [3.8, 4) is 0 Å². The van der Waals surface area contributed by atoms with Gasteiger partial charge in [0.05, 0.1) is 12.1 Å². The normalized spacial score (nSPS) is 15.1. The van der Waals surface area contributed by atoms with E-state index in [-0.39, 0.29) is 29.6 Å². The molecule has 0 rings (SSSR count). The third kappa shape index (κ3) is 4.24. The second-order valence-electron chi connectivity index (χ2n) is 1.72. The Bertz CT molecular complexity index is 104. The van der Waals surface area contributed by atoms with E-state index in [0.29, 0.717) is 0 Å². The summed E-state index contributed by atoms with van der Waals surface area (Å²) in [4.78, 5) is 9.98. The van der Waals surface area contributed by atoms with E-state index in [0.717, 1.165) is 0 Å². The fourth-order valence-corrected chi connectivity index (χ4v) is 0.490. The standard InChI is InChI=1S/C5H10O4.Na/c1-3(6)4(9-2)5(7)8;/h3-4,6H,1-2H3,(H,7,8);/q;+1/p-1. The van der Waals surface area contributed by atoms with Gasteiger partial charge in [0.15, 0.2) is 0 Å². The van der Waals surface area contributed by atoms with E-state index in [4.69, 9.17) is 5.11 Å². The molecule has 0 aliphatic carbocycles. The van der Waals surface area contributed by atoms with E-state index in [1.807, 2.05) is 0 Å². The van der Waals surface area contributed by atoms with Crippen LogP contribution in [0, 0.1) is 0 Å². The Morgan fingerprint density at radius 3 is 2.10 bits per heavy atom. The molecule has 1 N–H and O–H groups in total. The van der Waals surface area contributed by atoms with E-state index in [1.165, 1.54) is 14.0 Å². The van der Waals surface area contributed by atoms with Gasteiger partial charge in [0.1, 0.15) is 6.10 Å². The molecule has 2 atom stereocenters. The van der Waals surface area contributed by atoms with Crippen molar-refractivity contribution in [1.29, 1.82) is 0 Å². The molecule has 0 amide bonds. The first-order valence-corrected chi connectivity index (χ1v) is 2.51. The molecule has 0 aromatic rings. The van der Waals surface area contributed by atoms with E-state index >= 15 is 0 Å². The zero-order valence-corrected chi connectivity index (χ0v) is 8.33. The Balaban J connectivity index is 0. The van der Waals surface area contributed by atoms with Crippen molar-refractivity contribution in [3.05, 3.63) is 0 Å². The molecule has 10 heavy (non-hydrogen) atoms. The van der Waals surface area contributed by atoms with E-state index in [9.17, 15) is 9.90 Å². The maximum atomic E-state index is 9.98. The average molecular weight is 156 g/mol. The Kier molecular flexibility index (Phi) is 7.97. The number of aliphatic hydroxyl groups is 1. The molecule has 0 radical (unpaired) electrons. The van der Waals surface area contributed by atoms with Gasteiger partial charge in [-0.15, -0.1) is 0 Å². The van der Waals surface area contributed by atoms with Gasteiger partial charge >= 0.3 is 29.6 Å². The SMILES string of the molecule is COC(C(=O)[O-])C(C)O.[Na+]. The molecule has 0 aliphatic heterocycles. The van der Waals surface area contributed by atoms with Gasteiger partial charge in [-0.1, -0.05) is 0 Å². The minimum Gasteiger partial charge on any atom is -0.547 e. The van der Waals surface area contributed by atoms with Crippen LogP contribution in [0.5, 0.6) is 0 Å². The van der Waals surface area contributed by atoms with Crippen molar-refractivity contribution in [2.45, 2.75) is 19.1 Å². The van der Waals surface area contributed by atoms with Crippen LogP contribution in [0.1, 0.15) is 6.92 Å². The van der Waals surface area contributed by atoms with Crippen LogP contribution in [0.3, 0.4) is 0 Å². The molecule has 0 aliphatic rings. The van der Waals surface area contributed by atoms with Crippen molar-refractivity contribution in [2.24, 2.45) is 0 Å². The molecule has 0 bridgehead atoms. The van der Waals surface area contributed by atoms with Crippen molar-refractivity contribution in [3.63, 3.8) is 0 Å². The Labute approximate surface area is 81.5 Å². The minimum absolute atomic E-state index is 0. The minimum atomic E-state index is -1.40. The molecular formula is C5H9NaO4. The number of carboxylic acids is 1. The topological polar surface area (TPSA) is 69.6 Å². The van der Waals surface area contributed by atoms with E-state index < -0.39 is 18.2 Å². The van der Waals surface area contributed by atoms with Gasteiger partial charge in [0, 0.05) is 7.11 Å². The predicted molar refractivity (Wildman–Crippen MR) is 27.5 cm³/mol. The van der Waals surface area contributed by atoms with Crippen LogP contribution in [0.4, 0.5) is 0 Å². The molecule has 0 heterocycles. The Morgan fingerprint density at radius 2 is 2.10 bits per heavy atom. The predicted octanol–water partition coefficient (Wildman–Crippen LogP) is -4.86. The van der Waals surface area contributed by atoms with Crippen LogP contribution in [0.25, 0.3) is 0 Å². The van der Waals surface area contributed by atoms with Crippen LogP contribution >= 0.6 is 0 Å². The van der Waals surface area contributed by atoms with E-state index in [2.05, 4.69) is 4.74 Å². The van der Waals surface area contributed by atoms with Crippen molar-refractivity contribution in [2.75, 3.05) is 7.11 Å². The molecule has 0 aromatic carbocycles. The van der Waals surface area contributed by atoms with Crippen LogP contribution in [-0.4, -0.2) is 30.4 Å². The molecule has 5 heteroatoms. The monoisotopic (exact) mass is 156 g/mol. The zero-order valence-electron chi connectivity index (χ0n) is 6.33. The van der Waals surface area contributed by atoms with Gasteiger partial charge in [0.2, 0.25) is 0 Å². The summed E-state index contributed by atoms with van der Waals surface area (Å²) in [7, 11) is 1.20. The summed E-state index contributed by atoms with van der Waals surface area (Å²) in [5, 5.41) is 18.6. The van der Waals surface area contributed by atoms with Crippen molar-refractivity contribution >= 4 is 5.97 Å². The smallest absolute Gasteiger partial charge is 0.547 e. The summed E-state index contributed by atoms with van der Waals surface area (Å²) in [5.74, 6) is -1.40. The number of carboxylic acid groups (broad SMARTS) is 1. The summed E-state index contributed by atoms with van der Waals surface area (Å²) in [6, 6.07) is 0. The number of hydrogen-bond donors (Lipinski definition) is 1. The van der Waals surface area contributed by atoms with Gasteiger partial charge in [-0.3, -0.25) is 0 Å². The van der Waals surface area contributed by atoms with Crippen LogP contribution < -0.4 is 34.7 Å². The van der Waals surface area contributed by atoms with Gasteiger partial charge in [-0.2, -0.15) is 0 Å². The summed E-state index contributed by atoms with van der Waals surface area (Å²) in [6.45, 7) is 1.32. The van der Waals surface area contributed by atoms with Gasteiger partial charge in [0.25, 0.3) is 0 Å². The number of aliphatic hydroxyl groups excluding tert-OH is 1. The molecule has 54 valence electrons. The number of hydrogen-bond acceptors (Lipinski definition) is 4. The number of carbonyl (C=O) groups excluding carboxylic acids is 1. The first kappa shape index (κ1) is 13.0. The van der Waals surface area contributed by atoms with E-state index in [1.54, 1.807) is 0 Å². The molecule has 0 aromatic heterocycles. The van der Waals surface area contributed by atoms with Crippen LogP contribution in [0.15, 0.2) is 0 Å². The molecule has 0 saturated carbocycles. The number of carbonyl (C=O) groups is 1. The maximum Gasteiger partial charge on any atom is 1.00 e. The van der Waals surface area contributed by atoms with Crippen LogP contribution in [0.2, 0.25) is 0 Å². The molecule has 0 spiro atoms. The zero-order chi connectivity index (χ0) is 7.44. The number of rotatable bonds is 3. The third-order valence-electron chi connectivity index (χ3n) is 0.924. The summed E-state index contributed by atoms with van der Waals surface area (Å²) in [5.41, 5.74) is 0. The van der Waals surface area contributed by atoms with Crippen molar-refractivity contribution < 1.29 is 49.3 Å². The second kappa shape index (κ2) is 6.12. The van der Waals surface area contributed by atoms with Crippen LogP contribution in [-0.2, 0) is 9.53 Å². The molecule has 4 nitrogen and oxygen atoms in total. The first-order valence-electron chi connectivity index (χ1n) is 2.51. The Morgan fingerprint density at radius 1 is 1.70 bits per heavy atom. The Hall–Kier alpha value is 0.390. The maximum absolute atomic E-state index is 9.98. The van der Waals surface area contributed by atoms with Gasteiger partial charge in [-0.05, 0) is 6.92 Å². The summed E-state index contributed by atoms with van der Waals surface area (Å²) >= 11 is 0. The summed E-state index contributed by atoms with van der Waals surface area (Å²) in [6.07, 6.45) is -2.25. The first-order chi connectivity index (χ1) is 4.09. The number of aliphatic carboxylic acids is 1. The fourth-order valence-electron chi connectivity index (χ4n) is 0.490. The molecule has 0 saturated heterocycles. The quantitative estimate of drug-likeness (QED) is 0.416. The van der Waals surface area contributed by atoms with Gasteiger partial charge in [-0.25, -0.2) is 0 Å². The molecular weight excluding hydrogens is 147 g/mol. The number of methoxy groups -OCH3 is 1. The second-order valence-corrected chi connectivity index (χ2v) is 1.72. The molecule has 0 fully saturated rings. The summed E-state index contributed by atoms with van der Waals surface area (Å²) < 4.78 is 4.36. The molecule has 2 unspecified atom stereocenters. The average Bonchev–Trinajstić information content (AvgIpc) is 1.64. The van der Waals surface area contributed by atoms with Gasteiger partial charge < -0.3 is 19.7 Å². The van der Waals surface area contributed by atoms with Crippen molar-refractivity contribution in [1.82, 2.24) is 0 Å². The fraction of sp³-hybridized carbons (Fsp3) is 0.800. The number of ether oxygens (including phenoxy) is 1.